The van der Waals surface area contributed by atoms with Gasteiger partial charge in [0.2, 0.25) is 11.8 Å². The molecule has 18 heavy (non-hydrogen) atoms. The first-order valence-corrected chi connectivity index (χ1v) is 6.75. The van der Waals surface area contributed by atoms with Crippen molar-refractivity contribution < 1.29 is 9.59 Å². The number of amides is 2. The molecule has 0 aromatic carbocycles. The Bertz CT molecular complexity index is 305. The van der Waals surface area contributed by atoms with Crippen molar-refractivity contribution >= 4 is 11.8 Å². The number of hydrogen-bond acceptors (Lipinski definition) is 3. The van der Waals surface area contributed by atoms with E-state index in [1.165, 1.54) is 0 Å². The third-order valence-electron chi connectivity index (χ3n) is 3.53. The summed E-state index contributed by atoms with van der Waals surface area (Å²) in [6, 6.07) is -0.432. The topological polar surface area (TPSA) is 66.6 Å². The zero-order chi connectivity index (χ0) is 13.7. The molecule has 5 nitrogen and oxygen atoms in total. The normalized spacial score (nSPS) is 21.6. The molecule has 2 atom stereocenters. The lowest BCUT2D eigenvalue weighted by Crippen LogP contribution is -2.49. The molecule has 1 fully saturated rings. The lowest BCUT2D eigenvalue weighted by Gasteiger charge is -2.36. The van der Waals surface area contributed by atoms with Crippen molar-refractivity contribution in [2.24, 2.45) is 11.7 Å². The lowest BCUT2D eigenvalue weighted by atomic mass is 9.97. The van der Waals surface area contributed by atoms with Crippen molar-refractivity contribution in [1.82, 2.24) is 9.80 Å². The van der Waals surface area contributed by atoms with Gasteiger partial charge in [-0.1, -0.05) is 0 Å². The van der Waals surface area contributed by atoms with Crippen LogP contribution in [0.5, 0.6) is 0 Å². The van der Waals surface area contributed by atoms with Crippen LogP contribution in [-0.2, 0) is 9.59 Å². The van der Waals surface area contributed by atoms with Crippen LogP contribution in [-0.4, -0.2) is 53.8 Å². The third-order valence-corrected chi connectivity index (χ3v) is 3.53. The molecule has 1 aliphatic heterocycles. The highest BCUT2D eigenvalue weighted by atomic mass is 16.2. The van der Waals surface area contributed by atoms with Gasteiger partial charge in [-0.05, 0) is 32.6 Å². The summed E-state index contributed by atoms with van der Waals surface area (Å²) in [5.74, 6) is 0.504. The van der Waals surface area contributed by atoms with Crippen LogP contribution in [0.4, 0.5) is 0 Å². The number of likely N-dealkylation sites (tertiary alicyclic amines) is 1. The van der Waals surface area contributed by atoms with Gasteiger partial charge in [-0.25, -0.2) is 0 Å². The maximum atomic E-state index is 11.9. The van der Waals surface area contributed by atoms with Gasteiger partial charge in [0.15, 0.2) is 0 Å². The number of carbonyl (C=O) groups excluding carboxylic acids is 2. The third kappa shape index (κ3) is 3.98. The Kier molecular flexibility index (Phi) is 5.59. The van der Waals surface area contributed by atoms with Gasteiger partial charge in [0, 0.05) is 33.1 Å². The highest BCUT2D eigenvalue weighted by molar-refractivity contribution is 5.81. The molecule has 1 aliphatic rings. The van der Waals surface area contributed by atoms with Gasteiger partial charge < -0.3 is 15.5 Å². The van der Waals surface area contributed by atoms with Crippen LogP contribution in [0.2, 0.25) is 0 Å². The molecular formula is C13H25N3O2. The lowest BCUT2D eigenvalue weighted by molar-refractivity contribution is -0.134. The molecule has 1 saturated heterocycles. The van der Waals surface area contributed by atoms with Gasteiger partial charge in [-0.2, -0.15) is 0 Å². The van der Waals surface area contributed by atoms with E-state index in [9.17, 15) is 9.59 Å². The summed E-state index contributed by atoms with van der Waals surface area (Å²) >= 11 is 0. The molecule has 2 N–H and O–H groups in total. The van der Waals surface area contributed by atoms with Gasteiger partial charge in [-0.15, -0.1) is 0 Å². The number of nitrogens with zero attached hydrogens (tertiary/aromatic N) is 2. The van der Waals surface area contributed by atoms with Crippen molar-refractivity contribution in [3.63, 3.8) is 0 Å². The predicted molar refractivity (Wildman–Crippen MR) is 70.9 cm³/mol. The quantitative estimate of drug-likeness (QED) is 0.792. The highest BCUT2D eigenvalue weighted by Crippen LogP contribution is 2.18. The van der Waals surface area contributed by atoms with Gasteiger partial charge in [-0.3, -0.25) is 9.59 Å². The molecule has 104 valence electrons. The maximum absolute atomic E-state index is 11.9. The van der Waals surface area contributed by atoms with E-state index in [0.29, 0.717) is 5.92 Å². The first-order valence-electron chi connectivity index (χ1n) is 6.75. The second-order valence-corrected chi connectivity index (χ2v) is 5.14. The molecule has 0 aromatic rings. The summed E-state index contributed by atoms with van der Waals surface area (Å²) in [4.78, 5) is 26.9. The Morgan fingerprint density at radius 2 is 2.17 bits per heavy atom. The van der Waals surface area contributed by atoms with Crippen molar-refractivity contribution in [1.29, 1.82) is 0 Å². The molecule has 0 radical (unpaired) electrons. The summed E-state index contributed by atoms with van der Waals surface area (Å²) in [5.41, 5.74) is 5.63. The van der Waals surface area contributed by atoms with E-state index in [1.54, 1.807) is 13.8 Å². The molecule has 0 aromatic heterocycles. The second-order valence-electron chi connectivity index (χ2n) is 5.14. The monoisotopic (exact) mass is 255 g/mol. The van der Waals surface area contributed by atoms with E-state index in [-0.39, 0.29) is 11.8 Å². The minimum atomic E-state index is -0.432. The number of rotatable bonds is 4. The Labute approximate surface area is 109 Å². The molecule has 1 heterocycles. The fourth-order valence-corrected chi connectivity index (χ4v) is 2.49. The smallest absolute Gasteiger partial charge is 0.239 e. The van der Waals surface area contributed by atoms with Crippen molar-refractivity contribution in [2.75, 3.05) is 26.2 Å². The molecule has 5 heteroatoms. The van der Waals surface area contributed by atoms with E-state index in [4.69, 9.17) is 5.73 Å². The average molecular weight is 255 g/mol. The van der Waals surface area contributed by atoms with E-state index >= 15 is 0 Å². The van der Waals surface area contributed by atoms with Gasteiger partial charge in [0.1, 0.15) is 0 Å². The van der Waals surface area contributed by atoms with E-state index in [0.717, 1.165) is 39.0 Å². The van der Waals surface area contributed by atoms with Crippen molar-refractivity contribution in [2.45, 2.75) is 39.7 Å². The summed E-state index contributed by atoms with van der Waals surface area (Å²) in [7, 11) is 0. The largest absolute Gasteiger partial charge is 0.343 e. The zero-order valence-electron chi connectivity index (χ0n) is 11.7. The summed E-state index contributed by atoms with van der Waals surface area (Å²) < 4.78 is 0. The molecule has 2 amide bonds. The van der Waals surface area contributed by atoms with Gasteiger partial charge in [0.05, 0.1) is 6.04 Å². The SMILES string of the molecule is CCN(C[C@H]1CCCN(C(=O)[C@H](C)N)C1)C(C)=O. The number of piperidine rings is 1. The van der Waals surface area contributed by atoms with Crippen LogP contribution < -0.4 is 5.73 Å². The minimum Gasteiger partial charge on any atom is -0.343 e. The summed E-state index contributed by atoms with van der Waals surface area (Å²) in [6.45, 7) is 8.29. The average Bonchev–Trinajstić information content (AvgIpc) is 2.34. The van der Waals surface area contributed by atoms with Crippen LogP contribution in [0.3, 0.4) is 0 Å². The van der Waals surface area contributed by atoms with Crippen LogP contribution in [0, 0.1) is 5.92 Å². The van der Waals surface area contributed by atoms with Crippen LogP contribution >= 0.6 is 0 Å². The van der Waals surface area contributed by atoms with E-state index < -0.39 is 6.04 Å². The first kappa shape index (κ1) is 15.0. The highest BCUT2D eigenvalue weighted by Gasteiger charge is 2.26. The summed E-state index contributed by atoms with van der Waals surface area (Å²) in [5, 5.41) is 0. The Morgan fingerprint density at radius 1 is 1.50 bits per heavy atom. The Balaban J connectivity index is 2.53. The zero-order valence-corrected chi connectivity index (χ0v) is 11.7. The Hall–Kier alpha value is -1.10. The fraction of sp³-hybridized carbons (Fsp3) is 0.846. The van der Waals surface area contributed by atoms with Gasteiger partial charge in [0.25, 0.3) is 0 Å². The summed E-state index contributed by atoms with van der Waals surface area (Å²) in [6.07, 6.45) is 2.07. The molecule has 0 spiro atoms. The number of hydrogen-bond donors (Lipinski definition) is 1. The standard InChI is InChI=1S/C13H25N3O2/c1-4-15(11(3)17)8-12-6-5-7-16(9-12)13(18)10(2)14/h10,12H,4-9,14H2,1-3H3/t10-,12+/m0/s1. The van der Waals surface area contributed by atoms with Crippen LogP contribution in [0.1, 0.15) is 33.6 Å². The van der Waals surface area contributed by atoms with Crippen LogP contribution in [0.25, 0.3) is 0 Å². The van der Waals surface area contributed by atoms with Gasteiger partial charge >= 0.3 is 0 Å². The number of nitrogens with two attached hydrogens (primary N) is 1. The molecule has 0 aliphatic carbocycles. The van der Waals surface area contributed by atoms with Crippen molar-refractivity contribution in [3.05, 3.63) is 0 Å². The first-order chi connectivity index (χ1) is 8.45. The Morgan fingerprint density at radius 3 is 2.67 bits per heavy atom. The molecule has 0 saturated carbocycles. The van der Waals surface area contributed by atoms with Crippen molar-refractivity contribution in [3.8, 4) is 0 Å². The minimum absolute atomic E-state index is 0.0190. The second kappa shape index (κ2) is 6.73. The van der Waals surface area contributed by atoms with E-state index in [1.807, 2.05) is 16.7 Å². The molecule has 0 unspecified atom stereocenters. The predicted octanol–water partition coefficient (Wildman–Crippen LogP) is 0.441. The number of carbonyl (C=O) groups is 2. The fourth-order valence-electron chi connectivity index (χ4n) is 2.49. The molecule has 1 rings (SSSR count). The maximum Gasteiger partial charge on any atom is 0.239 e. The van der Waals surface area contributed by atoms with Crippen LogP contribution in [0.15, 0.2) is 0 Å². The van der Waals surface area contributed by atoms with E-state index in [2.05, 4.69) is 0 Å². The molecular weight excluding hydrogens is 230 g/mol. The molecule has 0 bridgehead atoms.